The molecule has 3 N–H and O–H groups in total. The summed E-state index contributed by atoms with van der Waals surface area (Å²) in [6.45, 7) is 0. The van der Waals surface area contributed by atoms with Crippen molar-refractivity contribution < 1.29 is 14.3 Å². The number of benzene rings is 2. The number of rotatable bonds is 5. The molecule has 0 spiro atoms. The minimum absolute atomic E-state index is 0.142. The molecule has 0 fully saturated rings. The van der Waals surface area contributed by atoms with Gasteiger partial charge in [0.2, 0.25) is 0 Å². The molecule has 0 aliphatic heterocycles. The summed E-state index contributed by atoms with van der Waals surface area (Å²) >= 11 is 9.92. The fourth-order valence-electron chi connectivity index (χ4n) is 2.44. The second kappa shape index (κ2) is 9.64. The van der Waals surface area contributed by atoms with Gasteiger partial charge < -0.3 is 15.4 Å². The van der Waals surface area contributed by atoms with Crippen LogP contribution in [-0.2, 0) is 0 Å². The molecule has 0 aliphatic carbocycles. The van der Waals surface area contributed by atoms with E-state index in [-0.39, 0.29) is 16.9 Å². The van der Waals surface area contributed by atoms with E-state index in [4.69, 9.17) is 17.0 Å². The number of thiocarbonyl (C=S) groups is 1. The quantitative estimate of drug-likeness (QED) is 0.444. The Labute approximate surface area is 185 Å². The lowest BCUT2D eigenvalue weighted by Crippen LogP contribution is -2.34. The molecule has 0 saturated heterocycles. The molecule has 3 aromatic rings. The Bertz CT molecular complexity index is 1050. The van der Waals surface area contributed by atoms with Crippen molar-refractivity contribution in [2.75, 3.05) is 17.7 Å². The highest BCUT2D eigenvalue weighted by Crippen LogP contribution is 2.29. The van der Waals surface area contributed by atoms with Gasteiger partial charge in [0.25, 0.3) is 11.8 Å². The molecule has 148 valence electrons. The van der Waals surface area contributed by atoms with Gasteiger partial charge in [-0.3, -0.25) is 14.9 Å². The van der Waals surface area contributed by atoms with E-state index in [1.165, 1.54) is 18.4 Å². The highest BCUT2D eigenvalue weighted by Gasteiger charge is 2.13. The molecular formula is C20H16BrN3O3S2. The zero-order valence-electron chi connectivity index (χ0n) is 15.2. The maximum Gasteiger partial charge on any atom is 0.265 e. The third kappa shape index (κ3) is 5.41. The summed E-state index contributed by atoms with van der Waals surface area (Å²) in [6.07, 6.45) is 0. The fourth-order valence-corrected chi connectivity index (χ4v) is 3.74. The van der Waals surface area contributed by atoms with Gasteiger partial charge in [-0.1, -0.05) is 18.2 Å². The predicted molar refractivity (Wildman–Crippen MR) is 123 cm³/mol. The first-order chi connectivity index (χ1) is 14.0. The molecule has 6 nitrogen and oxygen atoms in total. The number of anilines is 2. The van der Waals surface area contributed by atoms with Gasteiger partial charge in [-0.15, -0.1) is 11.3 Å². The van der Waals surface area contributed by atoms with Crippen molar-refractivity contribution in [2.24, 2.45) is 0 Å². The van der Waals surface area contributed by atoms with Crippen LogP contribution in [0.1, 0.15) is 20.0 Å². The summed E-state index contributed by atoms with van der Waals surface area (Å²) < 4.78 is 6.04. The van der Waals surface area contributed by atoms with E-state index in [2.05, 4.69) is 31.9 Å². The summed E-state index contributed by atoms with van der Waals surface area (Å²) in [5.41, 5.74) is 1.61. The lowest BCUT2D eigenvalue weighted by atomic mass is 10.2. The normalized spacial score (nSPS) is 10.1. The number of halogens is 1. The molecule has 2 aromatic carbocycles. The van der Waals surface area contributed by atoms with Gasteiger partial charge in [0, 0.05) is 16.2 Å². The Morgan fingerprint density at radius 3 is 2.52 bits per heavy atom. The monoisotopic (exact) mass is 489 g/mol. The van der Waals surface area contributed by atoms with Gasteiger partial charge in [-0.25, -0.2) is 0 Å². The standard InChI is InChI=1S/C20H16BrN3O3S2/c1-27-16-11-12(8-9-15(16)23-19(26)17-7-4-10-29-17)22-20(28)24-18(25)13-5-2-3-6-14(13)21/h2-11H,1H3,(H,23,26)(H2,22,24,25,28). The predicted octanol–water partition coefficient (Wildman–Crippen LogP) is 4.90. The van der Waals surface area contributed by atoms with Crippen LogP contribution in [0.3, 0.4) is 0 Å². The highest BCUT2D eigenvalue weighted by atomic mass is 79.9. The van der Waals surface area contributed by atoms with Crippen molar-refractivity contribution in [1.82, 2.24) is 5.32 Å². The van der Waals surface area contributed by atoms with Crippen molar-refractivity contribution in [2.45, 2.75) is 0 Å². The molecular weight excluding hydrogens is 474 g/mol. The van der Waals surface area contributed by atoms with Gasteiger partial charge in [-0.05, 0) is 63.9 Å². The van der Waals surface area contributed by atoms with E-state index in [1.807, 2.05) is 17.5 Å². The van der Waals surface area contributed by atoms with Gasteiger partial charge in [0.1, 0.15) is 5.75 Å². The lowest BCUT2D eigenvalue weighted by Gasteiger charge is -2.14. The summed E-state index contributed by atoms with van der Waals surface area (Å²) in [5.74, 6) is -0.0863. The molecule has 0 atom stereocenters. The molecule has 0 unspecified atom stereocenters. The Kier molecular flexibility index (Phi) is 6.97. The third-order valence-electron chi connectivity index (χ3n) is 3.80. The SMILES string of the molecule is COc1cc(NC(=S)NC(=O)c2ccccc2Br)ccc1NC(=O)c1cccs1. The number of hydrogen-bond acceptors (Lipinski definition) is 5. The molecule has 1 aromatic heterocycles. The molecule has 9 heteroatoms. The van der Waals surface area contributed by atoms with E-state index in [1.54, 1.807) is 42.5 Å². The van der Waals surface area contributed by atoms with Crippen molar-refractivity contribution in [3.05, 3.63) is 74.9 Å². The van der Waals surface area contributed by atoms with Crippen LogP contribution in [0.4, 0.5) is 11.4 Å². The summed E-state index contributed by atoms with van der Waals surface area (Å²) in [7, 11) is 1.51. The van der Waals surface area contributed by atoms with Crippen LogP contribution in [0.15, 0.2) is 64.5 Å². The van der Waals surface area contributed by atoms with Crippen LogP contribution in [0.5, 0.6) is 5.75 Å². The molecule has 2 amide bonds. The lowest BCUT2D eigenvalue weighted by molar-refractivity contribution is 0.0975. The van der Waals surface area contributed by atoms with E-state index in [0.717, 1.165) is 0 Å². The largest absolute Gasteiger partial charge is 0.494 e. The second-order valence-electron chi connectivity index (χ2n) is 5.73. The first-order valence-corrected chi connectivity index (χ1v) is 10.5. The maximum absolute atomic E-state index is 12.3. The molecule has 0 bridgehead atoms. The van der Waals surface area contributed by atoms with E-state index >= 15 is 0 Å². The number of nitrogens with one attached hydrogen (secondary N) is 3. The number of methoxy groups -OCH3 is 1. The Morgan fingerprint density at radius 1 is 1.03 bits per heavy atom. The van der Waals surface area contributed by atoms with Gasteiger partial charge in [0.15, 0.2) is 5.11 Å². The smallest absolute Gasteiger partial charge is 0.265 e. The summed E-state index contributed by atoms with van der Waals surface area (Å²) in [5, 5.41) is 10.4. The Hall–Kier alpha value is -2.75. The number of carbonyl (C=O) groups excluding carboxylic acids is 2. The zero-order chi connectivity index (χ0) is 20.8. The average molecular weight is 490 g/mol. The first kappa shape index (κ1) is 21.0. The van der Waals surface area contributed by atoms with Gasteiger partial charge >= 0.3 is 0 Å². The number of ether oxygens (including phenoxy) is 1. The summed E-state index contributed by atoms with van der Waals surface area (Å²) in [4.78, 5) is 25.2. The maximum atomic E-state index is 12.3. The Balaban J connectivity index is 1.66. The zero-order valence-corrected chi connectivity index (χ0v) is 18.4. The number of hydrogen-bond donors (Lipinski definition) is 3. The summed E-state index contributed by atoms with van der Waals surface area (Å²) in [6, 6.07) is 15.7. The number of amides is 2. The van der Waals surface area contributed by atoms with Crippen LogP contribution in [0, 0.1) is 0 Å². The molecule has 3 rings (SSSR count). The molecule has 1 heterocycles. The van der Waals surface area contributed by atoms with Crippen molar-refractivity contribution >= 4 is 67.8 Å². The molecule has 29 heavy (non-hydrogen) atoms. The number of carbonyl (C=O) groups is 2. The van der Waals surface area contributed by atoms with Gasteiger partial charge in [-0.2, -0.15) is 0 Å². The van der Waals surface area contributed by atoms with Crippen LogP contribution < -0.4 is 20.7 Å². The highest BCUT2D eigenvalue weighted by molar-refractivity contribution is 9.10. The van der Waals surface area contributed by atoms with Crippen LogP contribution in [0.2, 0.25) is 0 Å². The number of thiophene rings is 1. The van der Waals surface area contributed by atoms with Gasteiger partial charge in [0.05, 0.1) is 23.2 Å². The average Bonchev–Trinajstić information content (AvgIpc) is 3.24. The van der Waals surface area contributed by atoms with Crippen molar-refractivity contribution in [1.29, 1.82) is 0 Å². The van der Waals surface area contributed by atoms with Crippen molar-refractivity contribution in [3.8, 4) is 5.75 Å². The van der Waals surface area contributed by atoms with E-state index in [0.29, 0.717) is 32.0 Å². The van der Waals surface area contributed by atoms with Crippen LogP contribution in [-0.4, -0.2) is 24.0 Å². The Morgan fingerprint density at radius 2 is 1.83 bits per heavy atom. The van der Waals surface area contributed by atoms with E-state index in [9.17, 15) is 9.59 Å². The third-order valence-corrected chi connectivity index (χ3v) is 5.56. The van der Waals surface area contributed by atoms with Crippen LogP contribution in [0.25, 0.3) is 0 Å². The first-order valence-electron chi connectivity index (χ1n) is 8.37. The minimum Gasteiger partial charge on any atom is -0.494 e. The topological polar surface area (TPSA) is 79.5 Å². The molecule has 0 radical (unpaired) electrons. The minimum atomic E-state index is -0.332. The van der Waals surface area contributed by atoms with E-state index < -0.39 is 0 Å². The molecule has 0 saturated carbocycles. The fraction of sp³-hybridized carbons (Fsp3) is 0.0500. The van der Waals surface area contributed by atoms with Crippen molar-refractivity contribution in [3.63, 3.8) is 0 Å². The van der Waals surface area contributed by atoms with Crippen LogP contribution >= 0.6 is 39.5 Å². The second-order valence-corrected chi connectivity index (χ2v) is 7.94. The molecule has 0 aliphatic rings.